The Kier molecular flexibility index (Phi) is 5.21. The molecular formula is C15H17BrN2O. The van der Waals surface area contributed by atoms with Crippen molar-refractivity contribution in [1.29, 1.82) is 0 Å². The van der Waals surface area contributed by atoms with Gasteiger partial charge in [-0.25, -0.2) is 0 Å². The molecule has 1 amide bonds. The molecule has 1 aromatic carbocycles. The number of carbonyl (C=O) groups is 1. The Balaban J connectivity index is 1.97. The number of nitrogens with one attached hydrogen (secondary N) is 1. The van der Waals surface area contributed by atoms with Crippen LogP contribution in [0.4, 0.5) is 5.69 Å². The van der Waals surface area contributed by atoms with Crippen molar-refractivity contribution in [3.63, 3.8) is 0 Å². The number of aromatic nitrogens is 1. The molecular weight excluding hydrogens is 304 g/mol. The number of hydrogen-bond acceptors (Lipinski definition) is 1. The molecule has 0 bridgehead atoms. The Bertz CT molecular complexity index is 523. The lowest BCUT2D eigenvalue weighted by Gasteiger charge is -2.08. The van der Waals surface area contributed by atoms with E-state index < -0.39 is 0 Å². The molecule has 1 N–H and O–H groups in total. The average Bonchev–Trinajstić information content (AvgIpc) is 2.93. The van der Waals surface area contributed by atoms with Crippen molar-refractivity contribution in [2.75, 3.05) is 10.6 Å². The van der Waals surface area contributed by atoms with Crippen LogP contribution in [0.1, 0.15) is 19.3 Å². The van der Waals surface area contributed by atoms with E-state index in [-0.39, 0.29) is 5.91 Å². The van der Waals surface area contributed by atoms with Crippen LogP contribution in [0.3, 0.4) is 0 Å². The quantitative estimate of drug-likeness (QED) is 0.634. The highest BCUT2D eigenvalue weighted by Crippen LogP contribution is 2.15. The van der Waals surface area contributed by atoms with E-state index in [9.17, 15) is 4.79 Å². The van der Waals surface area contributed by atoms with Crippen LogP contribution in [-0.4, -0.2) is 15.8 Å². The maximum atomic E-state index is 11.8. The van der Waals surface area contributed by atoms with Gasteiger partial charge in [-0.15, -0.1) is 0 Å². The Morgan fingerprint density at radius 1 is 1.16 bits per heavy atom. The minimum atomic E-state index is 0.0746. The zero-order chi connectivity index (χ0) is 13.5. The predicted molar refractivity (Wildman–Crippen MR) is 82.0 cm³/mol. The van der Waals surface area contributed by atoms with Gasteiger partial charge in [0.15, 0.2) is 0 Å². The first-order valence-electron chi connectivity index (χ1n) is 6.39. The zero-order valence-electron chi connectivity index (χ0n) is 10.7. The summed E-state index contributed by atoms with van der Waals surface area (Å²) in [5, 5.41) is 3.88. The molecule has 0 unspecified atom stereocenters. The number of nitrogens with zero attached hydrogens (tertiary/aromatic N) is 1. The lowest BCUT2D eigenvalue weighted by molar-refractivity contribution is -0.116. The number of alkyl halides is 1. The summed E-state index contributed by atoms with van der Waals surface area (Å²) < 4.78 is 2.01. The van der Waals surface area contributed by atoms with Gasteiger partial charge in [0.25, 0.3) is 0 Å². The van der Waals surface area contributed by atoms with Crippen LogP contribution in [0.15, 0.2) is 48.8 Å². The molecule has 0 aliphatic carbocycles. The second-order valence-corrected chi connectivity index (χ2v) is 5.13. The lowest BCUT2D eigenvalue weighted by atomic mass is 10.2. The fourth-order valence-electron chi connectivity index (χ4n) is 1.85. The third-order valence-corrected chi connectivity index (χ3v) is 3.38. The third-order valence-electron chi connectivity index (χ3n) is 2.82. The molecule has 4 heteroatoms. The van der Waals surface area contributed by atoms with Crippen LogP contribution >= 0.6 is 15.9 Å². The maximum absolute atomic E-state index is 11.8. The molecule has 2 aromatic rings. The largest absolute Gasteiger partial charge is 0.326 e. The van der Waals surface area contributed by atoms with E-state index in [4.69, 9.17) is 0 Å². The SMILES string of the molecule is O=C(CCCCBr)Nc1cccc(-n2cccc2)c1. The van der Waals surface area contributed by atoms with Gasteiger partial charge in [-0.3, -0.25) is 4.79 Å². The van der Waals surface area contributed by atoms with Crippen molar-refractivity contribution < 1.29 is 4.79 Å². The van der Waals surface area contributed by atoms with Crippen molar-refractivity contribution in [3.8, 4) is 5.69 Å². The van der Waals surface area contributed by atoms with E-state index in [2.05, 4.69) is 21.2 Å². The molecule has 19 heavy (non-hydrogen) atoms. The molecule has 0 atom stereocenters. The van der Waals surface area contributed by atoms with Crippen molar-refractivity contribution in [2.24, 2.45) is 0 Å². The first-order valence-corrected chi connectivity index (χ1v) is 7.51. The van der Waals surface area contributed by atoms with Gasteiger partial charge < -0.3 is 9.88 Å². The van der Waals surface area contributed by atoms with E-state index in [1.165, 1.54) is 0 Å². The Hall–Kier alpha value is -1.55. The smallest absolute Gasteiger partial charge is 0.224 e. The second kappa shape index (κ2) is 7.14. The molecule has 0 spiro atoms. The topological polar surface area (TPSA) is 34.0 Å². The van der Waals surface area contributed by atoms with Gasteiger partial charge in [-0.1, -0.05) is 22.0 Å². The van der Waals surface area contributed by atoms with Gasteiger partial charge in [0.05, 0.1) is 0 Å². The van der Waals surface area contributed by atoms with Gasteiger partial charge in [-0.05, 0) is 43.2 Å². The zero-order valence-corrected chi connectivity index (χ0v) is 12.3. The molecule has 0 fully saturated rings. The maximum Gasteiger partial charge on any atom is 0.224 e. The molecule has 0 aliphatic heterocycles. The number of benzene rings is 1. The molecule has 0 saturated heterocycles. The van der Waals surface area contributed by atoms with Crippen LogP contribution in [0.25, 0.3) is 5.69 Å². The van der Waals surface area contributed by atoms with E-state index in [0.29, 0.717) is 6.42 Å². The molecule has 0 aliphatic rings. The van der Waals surface area contributed by atoms with E-state index in [1.54, 1.807) is 0 Å². The Labute approximate surface area is 121 Å². The highest BCUT2D eigenvalue weighted by Gasteiger charge is 2.03. The first-order chi connectivity index (χ1) is 9.29. The molecule has 1 aromatic heterocycles. The summed E-state index contributed by atoms with van der Waals surface area (Å²) in [5.41, 5.74) is 1.89. The normalized spacial score (nSPS) is 10.4. The van der Waals surface area contributed by atoms with Crippen LogP contribution in [-0.2, 0) is 4.79 Å². The molecule has 0 saturated carbocycles. The number of anilines is 1. The summed E-state index contributed by atoms with van der Waals surface area (Å²) in [6.07, 6.45) is 6.47. The van der Waals surface area contributed by atoms with Crippen LogP contribution in [0.2, 0.25) is 0 Å². The Morgan fingerprint density at radius 3 is 2.68 bits per heavy atom. The number of hydrogen-bond donors (Lipinski definition) is 1. The van der Waals surface area contributed by atoms with Gasteiger partial charge in [0.2, 0.25) is 5.91 Å². The fourth-order valence-corrected chi connectivity index (χ4v) is 2.25. The van der Waals surface area contributed by atoms with Gasteiger partial charge in [-0.2, -0.15) is 0 Å². The summed E-state index contributed by atoms with van der Waals surface area (Å²) in [7, 11) is 0. The third kappa shape index (κ3) is 4.24. The fraction of sp³-hybridized carbons (Fsp3) is 0.267. The molecule has 100 valence electrons. The summed E-state index contributed by atoms with van der Waals surface area (Å²) in [6.45, 7) is 0. The van der Waals surface area contributed by atoms with Crippen LogP contribution < -0.4 is 5.32 Å². The summed E-state index contributed by atoms with van der Waals surface area (Å²) in [4.78, 5) is 11.8. The van der Waals surface area contributed by atoms with Crippen molar-refractivity contribution in [3.05, 3.63) is 48.8 Å². The van der Waals surface area contributed by atoms with Crippen molar-refractivity contribution in [1.82, 2.24) is 4.57 Å². The van der Waals surface area contributed by atoms with Crippen molar-refractivity contribution in [2.45, 2.75) is 19.3 Å². The number of amides is 1. The summed E-state index contributed by atoms with van der Waals surface area (Å²) in [6, 6.07) is 11.8. The number of carbonyl (C=O) groups excluding carboxylic acids is 1. The van der Waals surface area contributed by atoms with Gasteiger partial charge >= 0.3 is 0 Å². The average molecular weight is 321 g/mol. The molecule has 3 nitrogen and oxygen atoms in total. The van der Waals surface area contributed by atoms with Gasteiger partial charge in [0.1, 0.15) is 0 Å². The van der Waals surface area contributed by atoms with Gasteiger partial charge in [0, 0.05) is 35.5 Å². The number of unbranched alkanes of at least 4 members (excludes halogenated alkanes) is 1. The summed E-state index contributed by atoms with van der Waals surface area (Å²) >= 11 is 3.36. The first kappa shape index (κ1) is 13.9. The molecule has 0 radical (unpaired) electrons. The predicted octanol–water partition coefficient (Wildman–Crippen LogP) is 3.98. The standard InChI is InChI=1S/C15H17BrN2O/c16-9-2-1-8-15(19)17-13-6-5-7-14(12-13)18-10-3-4-11-18/h3-7,10-12H,1-2,8-9H2,(H,17,19). The minimum absolute atomic E-state index is 0.0746. The highest BCUT2D eigenvalue weighted by molar-refractivity contribution is 9.09. The molecule has 1 heterocycles. The molecule has 2 rings (SSSR count). The minimum Gasteiger partial charge on any atom is -0.326 e. The second-order valence-electron chi connectivity index (χ2n) is 4.33. The van der Waals surface area contributed by atoms with Crippen LogP contribution in [0, 0.1) is 0 Å². The summed E-state index contributed by atoms with van der Waals surface area (Å²) in [5.74, 6) is 0.0746. The highest BCUT2D eigenvalue weighted by atomic mass is 79.9. The van der Waals surface area contributed by atoms with Crippen LogP contribution in [0.5, 0.6) is 0 Å². The Morgan fingerprint density at radius 2 is 1.95 bits per heavy atom. The lowest BCUT2D eigenvalue weighted by Crippen LogP contribution is -2.11. The van der Waals surface area contributed by atoms with E-state index >= 15 is 0 Å². The van der Waals surface area contributed by atoms with E-state index in [0.717, 1.165) is 29.5 Å². The van der Waals surface area contributed by atoms with Crippen molar-refractivity contribution >= 4 is 27.5 Å². The monoisotopic (exact) mass is 320 g/mol. The number of rotatable bonds is 6. The number of halogens is 1. The van der Waals surface area contributed by atoms with E-state index in [1.807, 2.05) is 53.4 Å².